The van der Waals surface area contributed by atoms with Gasteiger partial charge in [-0.25, -0.2) is 4.98 Å². The highest BCUT2D eigenvalue weighted by atomic mass is 19.4. The monoisotopic (exact) mass is 426 g/mol. The maximum absolute atomic E-state index is 13.1. The summed E-state index contributed by atoms with van der Waals surface area (Å²) in [6.07, 6.45) is -0.0116. The van der Waals surface area contributed by atoms with E-state index in [-0.39, 0.29) is 18.0 Å². The zero-order chi connectivity index (χ0) is 21.6. The minimum Gasteiger partial charge on any atom is -0.467 e. The predicted octanol–water partition coefficient (Wildman–Crippen LogP) is 3.99. The lowest BCUT2D eigenvalue weighted by atomic mass is 10.2. The summed E-state index contributed by atoms with van der Waals surface area (Å²) in [6, 6.07) is 9.88. The number of nitrogens with one attached hydrogen (secondary N) is 1. The lowest BCUT2D eigenvalue weighted by Gasteiger charge is -2.10. The molecule has 31 heavy (non-hydrogen) atoms. The Morgan fingerprint density at radius 2 is 2.03 bits per heavy atom. The maximum Gasteiger partial charge on any atom is 0.416 e. The number of furan rings is 1. The lowest BCUT2D eigenvalue weighted by molar-refractivity contribution is -0.137. The van der Waals surface area contributed by atoms with Crippen molar-refractivity contribution in [2.75, 3.05) is 5.32 Å². The van der Waals surface area contributed by atoms with Gasteiger partial charge >= 0.3 is 6.18 Å². The number of fused-ring (bicyclic) bond motifs is 2. The molecule has 5 aromatic rings. The van der Waals surface area contributed by atoms with Crippen LogP contribution in [-0.2, 0) is 12.7 Å². The fourth-order valence-electron chi connectivity index (χ4n) is 3.26. The molecule has 5 rings (SSSR count). The van der Waals surface area contributed by atoms with Crippen molar-refractivity contribution in [2.24, 2.45) is 0 Å². The number of benzene rings is 1. The van der Waals surface area contributed by atoms with Crippen LogP contribution in [-0.4, -0.2) is 30.1 Å². The van der Waals surface area contributed by atoms with Crippen molar-refractivity contribution < 1.29 is 22.4 Å². The topological polar surface area (TPSA) is 90.2 Å². The molecule has 0 unspecified atom stereocenters. The molecule has 11 heteroatoms. The molecule has 8 nitrogen and oxygen atoms in total. The Hall–Kier alpha value is -4.15. The van der Waals surface area contributed by atoms with E-state index in [1.165, 1.54) is 18.7 Å². The van der Waals surface area contributed by atoms with Crippen LogP contribution in [0.3, 0.4) is 0 Å². The van der Waals surface area contributed by atoms with Crippen molar-refractivity contribution in [3.63, 3.8) is 0 Å². The highest BCUT2D eigenvalue weighted by molar-refractivity contribution is 6.04. The zero-order valence-corrected chi connectivity index (χ0v) is 15.7. The Labute approximate surface area is 171 Å². The van der Waals surface area contributed by atoms with E-state index < -0.39 is 17.6 Å². The summed E-state index contributed by atoms with van der Waals surface area (Å²) in [6.45, 7) is 0.176. The van der Waals surface area contributed by atoms with Crippen LogP contribution in [0.4, 0.5) is 19.1 Å². The molecule has 1 aromatic carbocycles. The standard InChI is InChI=1S/C20H13F3N6O2/c21-20(22,23)13-4-5-16-15(8-13)25-19(29(16)10-14-2-1-7-31-14)26-18(30)12-3-6-17-27-24-11-28(17)9-12/h1-9,11H,10H2,(H,25,26,30). The molecule has 1 amide bonds. The van der Waals surface area contributed by atoms with Gasteiger partial charge in [0.1, 0.15) is 12.1 Å². The average Bonchev–Trinajstić information content (AvgIpc) is 3.47. The molecule has 0 atom stereocenters. The molecule has 156 valence electrons. The third-order valence-corrected chi connectivity index (χ3v) is 4.75. The molecule has 4 heterocycles. The quantitative estimate of drug-likeness (QED) is 0.469. The van der Waals surface area contributed by atoms with E-state index in [1.54, 1.807) is 39.4 Å². The van der Waals surface area contributed by atoms with Gasteiger partial charge in [0.05, 0.1) is 35.0 Å². The summed E-state index contributed by atoms with van der Waals surface area (Å²) in [4.78, 5) is 17.1. The second-order valence-electron chi connectivity index (χ2n) is 6.77. The van der Waals surface area contributed by atoms with Crippen molar-refractivity contribution in [3.05, 3.63) is 78.1 Å². The highest BCUT2D eigenvalue weighted by Gasteiger charge is 2.31. The maximum atomic E-state index is 13.1. The first kappa shape index (κ1) is 18.9. The Morgan fingerprint density at radius 1 is 1.16 bits per heavy atom. The van der Waals surface area contributed by atoms with Gasteiger partial charge in [-0.15, -0.1) is 10.2 Å². The molecule has 0 aliphatic rings. The molecule has 0 saturated heterocycles. The fraction of sp³-hybridized carbons (Fsp3) is 0.100. The normalized spacial score (nSPS) is 12.0. The highest BCUT2D eigenvalue weighted by Crippen LogP contribution is 2.32. The first-order valence-electron chi connectivity index (χ1n) is 9.09. The van der Waals surface area contributed by atoms with Crippen molar-refractivity contribution in [3.8, 4) is 0 Å². The van der Waals surface area contributed by atoms with Crippen LogP contribution in [0, 0.1) is 0 Å². The van der Waals surface area contributed by atoms with E-state index in [1.807, 2.05) is 0 Å². The summed E-state index contributed by atoms with van der Waals surface area (Å²) in [7, 11) is 0. The van der Waals surface area contributed by atoms with Gasteiger partial charge in [0.2, 0.25) is 5.95 Å². The third-order valence-electron chi connectivity index (χ3n) is 4.75. The summed E-state index contributed by atoms with van der Waals surface area (Å²) in [5.41, 5.74) is 0.583. The number of alkyl halides is 3. The minimum atomic E-state index is -4.50. The molecule has 0 fully saturated rings. The van der Waals surface area contributed by atoms with Crippen molar-refractivity contribution in [1.29, 1.82) is 0 Å². The van der Waals surface area contributed by atoms with Crippen molar-refractivity contribution >= 4 is 28.5 Å². The molecule has 0 aliphatic carbocycles. The summed E-state index contributed by atoms with van der Waals surface area (Å²) in [5.74, 6) is 0.169. The van der Waals surface area contributed by atoms with Crippen LogP contribution >= 0.6 is 0 Å². The molecule has 0 spiro atoms. The van der Waals surface area contributed by atoms with E-state index in [2.05, 4.69) is 20.5 Å². The van der Waals surface area contributed by atoms with Gasteiger partial charge in [0.25, 0.3) is 5.91 Å². The van der Waals surface area contributed by atoms with Crippen LogP contribution < -0.4 is 5.32 Å². The fourth-order valence-corrected chi connectivity index (χ4v) is 3.26. The number of nitrogens with zero attached hydrogens (tertiary/aromatic N) is 5. The number of imidazole rings is 1. The Balaban J connectivity index is 1.55. The number of halogens is 3. The minimum absolute atomic E-state index is 0.0968. The number of anilines is 1. The number of aromatic nitrogens is 5. The summed E-state index contributed by atoms with van der Waals surface area (Å²) >= 11 is 0. The van der Waals surface area contributed by atoms with E-state index >= 15 is 0 Å². The molecule has 4 aromatic heterocycles. The van der Waals surface area contributed by atoms with Gasteiger partial charge in [0, 0.05) is 6.20 Å². The van der Waals surface area contributed by atoms with E-state index in [4.69, 9.17) is 4.42 Å². The summed E-state index contributed by atoms with van der Waals surface area (Å²) in [5, 5.41) is 10.3. The van der Waals surface area contributed by atoms with E-state index in [0.29, 0.717) is 22.5 Å². The number of rotatable bonds is 4. The van der Waals surface area contributed by atoms with Crippen molar-refractivity contribution in [2.45, 2.75) is 12.7 Å². The molecular weight excluding hydrogens is 413 g/mol. The molecule has 0 radical (unpaired) electrons. The van der Waals surface area contributed by atoms with Gasteiger partial charge in [-0.05, 0) is 42.5 Å². The Morgan fingerprint density at radius 3 is 2.81 bits per heavy atom. The zero-order valence-electron chi connectivity index (χ0n) is 15.7. The third kappa shape index (κ3) is 3.50. The second kappa shape index (κ2) is 6.97. The van der Waals surface area contributed by atoms with Crippen LogP contribution in [0.2, 0.25) is 0 Å². The van der Waals surface area contributed by atoms with Crippen molar-refractivity contribution in [1.82, 2.24) is 24.1 Å². The molecule has 0 saturated carbocycles. The van der Waals surface area contributed by atoms with E-state index in [9.17, 15) is 18.0 Å². The smallest absolute Gasteiger partial charge is 0.416 e. The number of hydrogen-bond donors (Lipinski definition) is 1. The number of carbonyl (C=O) groups is 1. The van der Waals surface area contributed by atoms with E-state index in [0.717, 1.165) is 12.1 Å². The Bertz CT molecular complexity index is 1400. The molecule has 0 bridgehead atoms. The van der Waals surface area contributed by atoms with Gasteiger partial charge in [-0.1, -0.05) is 0 Å². The summed E-state index contributed by atoms with van der Waals surface area (Å²) < 4.78 is 47.9. The van der Waals surface area contributed by atoms with Crippen LogP contribution in [0.5, 0.6) is 0 Å². The van der Waals surface area contributed by atoms with Gasteiger partial charge in [-0.3, -0.25) is 14.5 Å². The SMILES string of the molecule is O=C(Nc1nc2cc(C(F)(F)F)ccc2n1Cc1ccco1)c1ccc2nncn2c1. The second-order valence-corrected chi connectivity index (χ2v) is 6.77. The van der Waals surface area contributed by atoms with Gasteiger partial charge < -0.3 is 8.98 Å². The lowest BCUT2D eigenvalue weighted by Crippen LogP contribution is -2.16. The number of pyridine rings is 1. The predicted molar refractivity (Wildman–Crippen MR) is 103 cm³/mol. The molecule has 1 N–H and O–H groups in total. The number of hydrogen-bond acceptors (Lipinski definition) is 5. The molecular formula is C20H13F3N6O2. The number of amides is 1. The van der Waals surface area contributed by atoms with Gasteiger partial charge in [0.15, 0.2) is 5.65 Å². The largest absolute Gasteiger partial charge is 0.467 e. The first-order chi connectivity index (χ1) is 14.9. The van der Waals surface area contributed by atoms with Crippen LogP contribution in [0.15, 0.2) is 65.7 Å². The molecule has 0 aliphatic heterocycles. The van der Waals surface area contributed by atoms with Crippen LogP contribution in [0.1, 0.15) is 21.7 Å². The van der Waals surface area contributed by atoms with Gasteiger partial charge in [-0.2, -0.15) is 13.2 Å². The average molecular weight is 426 g/mol. The van der Waals surface area contributed by atoms with Crippen LogP contribution in [0.25, 0.3) is 16.7 Å². The number of carbonyl (C=O) groups excluding carboxylic acids is 1. The Kier molecular flexibility index (Phi) is 4.24. The first-order valence-corrected chi connectivity index (χ1v) is 9.09.